The lowest BCUT2D eigenvalue weighted by atomic mass is 10.0. The Balaban J connectivity index is 3.70. The molecule has 0 spiro atoms. The summed E-state index contributed by atoms with van der Waals surface area (Å²) in [6.07, 6.45) is 76.4. The second-order valence-corrected chi connectivity index (χ2v) is 16.5. The molecule has 2 unspecified atom stereocenters. The molecule has 342 valence electrons. The number of rotatable bonds is 44. The number of hydrogen-bond donors (Lipinski definition) is 3. The van der Waals surface area contributed by atoms with Gasteiger partial charge in [0.05, 0.1) is 18.8 Å². The molecule has 0 heterocycles. The average Bonchev–Trinajstić information content (AvgIpc) is 3.25. The van der Waals surface area contributed by atoms with Crippen molar-refractivity contribution >= 4 is 5.91 Å². The molecule has 3 N–H and O–H groups in total. The van der Waals surface area contributed by atoms with Gasteiger partial charge in [0.2, 0.25) is 5.91 Å². The number of allylic oxidation sites excluding steroid dienone is 17. The second-order valence-electron chi connectivity index (χ2n) is 16.5. The van der Waals surface area contributed by atoms with Crippen LogP contribution in [0, 0.1) is 0 Å². The van der Waals surface area contributed by atoms with Gasteiger partial charge in [-0.3, -0.25) is 4.79 Å². The Morgan fingerprint density at radius 1 is 0.417 bits per heavy atom. The van der Waals surface area contributed by atoms with E-state index in [0.717, 1.165) is 83.5 Å². The molecule has 60 heavy (non-hydrogen) atoms. The summed E-state index contributed by atoms with van der Waals surface area (Å²) in [5, 5.41) is 23.1. The summed E-state index contributed by atoms with van der Waals surface area (Å²) in [6.45, 7) is 4.18. The third-order valence-corrected chi connectivity index (χ3v) is 10.8. The van der Waals surface area contributed by atoms with E-state index in [4.69, 9.17) is 0 Å². The third kappa shape index (κ3) is 46.1. The lowest BCUT2D eigenvalue weighted by Crippen LogP contribution is -2.45. The van der Waals surface area contributed by atoms with Gasteiger partial charge in [-0.1, -0.05) is 239 Å². The van der Waals surface area contributed by atoms with Crippen molar-refractivity contribution in [3.63, 3.8) is 0 Å². The fraction of sp³-hybridized carbons (Fsp3) is 0.661. The van der Waals surface area contributed by atoms with E-state index in [9.17, 15) is 15.0 Å². The molecule has 0 aliphatic heterocycles. The molecule has 0 aromatic heterocycles. The fourth-order valence-electron chi connectivity index (χ4n) is 6.96. The molecule has 2 atom stereocenters. The summed E-state index contributed by atoms with van der Waals surface area (Å²) >= 11 is 0. The maximum absolute atomic E-state index is 12.4. The molecule has 1 amide bonds. The van der Waals surface area contributed by atoms with Crippen molar-refractivity contribution < 1.29 is 15.0 Å². The highest BCUT2D eigenvalue weighted by Gasteiger charge is 2.17. The van der Waals surface area contributed by atoms with Gasteiger partial charge in [-0.25, -0.2) is 0 Å². The van der Waals surface area contributed by atoms with Gasteiger partial charge in [0.25, 0.3) is 0 Å². The van der Waals surface area contributed by atoms with E-state index in [1.165, 1.54) is 116 Å². The number of amides is 1. The molecule has 0 bridgehead atoms. The molecule has 0 saturated heterocycles. The van der Waals surface area contributed by atoms with Crippen molar-refractivity contribution in [1.29, 1.82) is 0 Å². The SMILES string of the molecule is CC/C=C\C/C=C\C/C=C\C/C=C\C/C=C\C/C=C\C/C=C\C/C=C\CCCCC(=O)NC(CO)C(O)/C=C/CCCCCCCCCCCCCCCCCCCCC. The Hall–Kier alpha value is -2.95. The van der Waals surface area contributed by atoms with E-state index >= 15 is 0 Å². The first-order chi connectivity index (χ1) is 29.7. The van der Waals surface area contributed by atoms with Gasteiger partial charge < -0.3 is 15.5 Å². The summed E-state index contributed by atoms with van der Waals surface area (Å²) in [6, 6.07) is -0.654. The van der Waals surface area contributed by atoms with Crippen molar-refractivity contribution in [3.05, 3.63) is 109 Å². The Morgan fingerprint density at radius 2 is 0.733 bits per heavy atom. The molecule has 0 aromatic carbocycles. The van der Waals surface area contributed by atoms with Gasteiger partial charge >= 0.3 is 0 Å². The number of carbonyl (C=O) groups is 1. The van der Waals surface area contributed by atoms with Gasteiger partial charge in [-0.05, 0) is 83.5 Å². The van der Waals surface area contributed by atoms with Crippen LogP contribution in [0.2, 0.25) is 0 Å². The van der Waals surface area contributed by atoms with E-state index in [1.54, 1.807) is 6.08 Å². The zero-order chi connectivity index (χ0) is 43.5. The molecule has 0 aliphatic rings. The maximum atomic E-state index is 12.4. The lowest BCUT2D eigenvalue weighted by Gasteiger charge is -2.19. The minimum absolute atomic E-state index is 0.110. The normalized spacial score (nSPS) is 13.9. The van der Waals surface area contributed by atoms with Crippen LogP contribution in [0.25, 0.3) is 0 Å². The largest absolute Gasteiger partial charge is 0.394 e. The molecule has 0 fully saturated rings. The van der Waals surface area contributed by atoms with Crippen LogP contribution in [0.4, 0.5) is 0 Å². The third-order valence-electron chi connectivity index (χ3n) is 10.8. The summed E-state index contributed by atoms with van der Waals surface area (Å²) in [7, 11) is 0. The standard InChI is InChI=1S/C56H95NO3/c1-3-5-7-9-11-13-15-17-19-21-23-25-26-27-28-29-30-32-34-36-38-40-42-44-46-48-50-52-56(60)57-54(53-58)55(59)51-49-47-45-43-41-39-37-35-33-31-24-22-20-18-16-14-12-10-8-6-4-2/h5,7,11,13,17,19,23,25,27-28,30,32,36,38,42,44,49,51,54-55,58-59H,3-4,6,8-10,12,14-16,18,20-22,24,26,29,31,33-35,37,39-41,43,45-48,50,52-53H2,1-2H3,(H,57,60)/b7-5-,13-11-,19-17-,25-23-,28-27-,32-30-,38-36-,44-42-,51-49+. The van der Waals surface area contributed by atoms with Gasteiger partial charge in [0, 0.05) is 6.42 Å². The highest BCUT2D eigenvalue weighted by atomic mass is 16.3. The van der Waals surface area contributed by atoms with Gasteiger partial charge in [-0.15, -0.1) is 0 Å². The van der Waals surface area contributed by atoms with E-state index < -0.39 is 12.1 Å². The monoisotopic (exact) mass is 830 g/mol. The second kappa shape index (κ2) is 50.4. The van der Waals surface area contributed by atoms with Crippen molar-refractivity contribution in [2.45, 2.75) is 231 Å². The molecular weight excluding hydrogens is 735 g/mol. The molecule has 0 aromatic rings. The van der Waals surface area contributed by atoms with Crippen LogP contribution in [0.1, 0.15) is 219 Å². The fourth-order valence-corrected chi connectivity index (χ4v) is 6.96. The van der Waals surface area contributed by atoms with Crippen molar-refractivity contribution in [2.75, 3.05) is 6.61 Å². The first-order valence-corrected chi connectivity index (χ1v) is 25.1. The predicted molar refractivity (Wildman–Crippen MR) is 266 cm³/mol. The number of hydrogen-bond acceptors (Lipinski definition) is 3. The summed E-state index contributed by atoms with van der Waals surface area (Å²) in [5.41, 5.74) is 0. The smallest absolute Gasteiger partial charge is 0.220 e. The zero-order valence-corrected chi connectivity index (χ0v) is 39.2. The van der Waals surface area contributed by atoms with E-state index in [1.807, 2.05) is 6.08 Å². The lowest BCUT2D eigenvalue weighted by molar-refractivity contribution is -0.123. The topological polar surface area (TPSA) is 69.6 Å². The summed E-state index contributed by atoms with van der Waals surface area (Å²) in [5.74, 6) is -0.110. The molecule has 0 radical (unpaired) electrons. The van der Waals surface area contributed by atoms with Crippen LogP contribution in [0.15, 0.2) is 109 Å². The Bertz CT molecular complexity index is 1170. The van der Waals surface area contributed by atoms with Crippen molar-refractivity contribution in [2.24, 2.45) is 0 Å². The Labute approximate surface area is 372 Å². The summed E-state index contributed by atoms with van der Waals surface area (Å²) < 4.78 is 0. The number of nitrogens with one attached hydrogen (secondary N) is 1. The Morgan fingerprint density at radius 3 is 1.10 bits per heavy atom. The van der Waals surface area contributed by atoms with E-state index in [0.29, 0.717) is 6.42 Å². The molecule has 0 aliphatic carbocycles. The molecule has 0 rings (SSSR count). The van der Waals surface area contributed by atoms with Crippen LogP contribution >= 0.6 is 0 Å². The molecule has 4 nitrogen and oxygen atoms in total. The zero-order valence-electron chi connectivity index (χ0n) is 39.2. The minimum Gasteiger partial charge on any atom is -0.394 e. The summed E-state index contributed by atoms with van der Waals surface area (Å²) in [4.78, 5) is 12.4. The first-order valence-electron chi connectivity index (χ1n) is 25.1. The highest BCUT2D eigenvalue weighted by Crippen LogP contribution is 2.15. The minimum atomic E-state index is -0.866. The van der Waals surface area contributed by atoms with Crippen LogP contribution in [-0.4, -0.2) is 34.9 Å². The van der Waals surface area contributed by atoms with Crippen LogP contribution in [0.5, 0.6) is 0 Å². The number of aliphatic hydroxyl groups excluding tert-OH is 2. The molecule has 4 heteroatoms. The number of aliphatic hydroxyl groups is 2. The van der Waals surface area contributed by atoms with Gasteiger partial charge in [-0.2, -0.15) is 0 Å². The van der Waals surface area contributed by atoms with Crippen molar-refractivity contribution in [1.82, 2.24) is 5.32 Å². The average molecular weight is 830 g/mol. The van der Waals surface area contributed by atoms with Gasteiger partial charge in [0.15, 0.2) is 0 Å². The van der Waals surface area contributed by atoms with Crippen LogP contribution < -0.4 is 5.32 Å². The van der Waals surface area contributed by atoms with Crippen LogP contribution in [-0.2, 0) is 4.79 Å². The predicted octanol–water partition coefficient (Wildman–Crippen LogP) is 16.4. The highest BCUT2D eigenvalue weighted by molar-refractivity contribution is 5.76. The van der Waals surface area contributed by atoms with Gasteiger partial charge in [0.1, 0.15) is 0 Å². The van der Waals surface area contributed by atoms with E-state index in [2.05, 4.69) is 116 Å². The first kappa shape index (κ1) is 57.1. The maximum Gasteiger partial charge on any atom is 0.220 e. The van der Waals surface area contributed by atoms with Crippen molar-refractivity contribution in [3.8, 4) is 0 Å². The van der Waals surface area contributed by atoms with Crippen LogP contribution in [0.3, 0.4) is 0 Å². The van der Waals surface area contributed by atoms with E-state index in [-0.39, 0.29) is 12.5 Å². The molecular formula is C56H95NO3. The Kier molecular flexibility index (Phi) is 47.9. The number of unbranched alkanes of at least 4 members (excludes halogenated alkanes) is 21. The molecule has 0 saturated carbocycles. The quantitative estimate of drug-likeness (QED) is 0.0423. The number of carbonyl (C=O) groups excluding carboxylic acids is 1.